The van der Waals surface area contributed by atoms with Crippen LogP contribution in [0.4, 0.5) is 0 Å². The normalized spacial score (nSPS) is 14.5. The van der Waals surface area contributed by atoms with Crippen LogP contribution in [0.2, 0.25) is 0 Å². The van der Waals surface area contributed by atoms with E-state index in [-0.39, 0.29) is 11.8 Å². The monoisotopic (exact) mass is 238 g/mol. The number of rotatable bonds is 8. The molecule has 1 unspecified atom stereocenters. The highest BCUT2D eigenvalue weighted by Crippen LogP contribution is 2.01. The predicted octanol–water partition coefficient (Wildman–Crippen LogP) is -0.204. The fourth-order valence-corrected chi connectivity index (χ4v) is 1.74. The van der Waals surface area contributed by atoms with Crippen LogP contribution < -0.4 is 10.0 Å². The SMILES string of the molecule is CNS(=O)(=O)CCNC(COC)C(C)C. The van der Waals surface area contributed by atoms with Crippen LogP contribution >= 0.6 is 0 Å². The molecule has 0 aromatic carbocycles. The van der Waals surface area contributed by atoms with Gasteiger partial charge in [0, 0.05) is 19.7 Å². The highest BCUT2D eigenvalue weighted by atomic mass is 32.2. The minimum atomic E-state index is -3.11. The van der Waals surface area contributed by atoms with Gasteiger partial charge in [0.25, 0.3) is 0 Å². The highest BCUT2D eigenvalue weighted by molar-refractivity contribution is 7.89. The van der Waals surface area contributed by atoms with Gasteiger partial charge in [0.1, 0.15) is 0 Å². The second-order valence-corrected chi connectivity index (χ2v) is 5.83. The lowest BCUT2D eigenvalue weighted by atomic mass is 10.1. The third-order valence-electron chi connectivity index (χ3n) is 2.24. The first-order valence-electron chi connectivity index (χ1n) is 5.06. The maximum Gasteiger partial charge on any atom is 0.212 e. The quantitative estimate of drug-likeness (QED) is 0.614. The van der Waals surface area contributed by atoms with E-state index in [1.807, 2.05) is 0 Å². The van der Waals surface area contributed by atoms with Crippen molar-refractivity contribution in [3.8, 4) is 0 Å². The number of hydrogen-bond donors (Lipinski definition) is 2. The van der Waals surface area contributed by atoms with Crippen LogP contribution in [0.15, 0.2) is 0 Å². The number of hydrogen-bond acceptors (Lipinski definition) is 4. The summed E-state index contributed by atoms with van der Waals surface area (Å²) in [4.78, 5) is 0. The molecule has 0 heterocycles. The Hall–Kier alpha value is -0.170. The third-order valence-corrected chi connectivity index (χ3v) is 3.60. The van der Waals surface area contributed by atoms with Gasteiger partial charge < -0.3 is 10.1 Å². The van der Waals surface area contributed by atoms with Gasteiger partial charge in [-0.2, -0.15) is 0 Å². The van der Waals surface area contributed by atoms with Crippen LogP contribution in [-0.2, 0) is 14.8 Å². The van der Waals surface area contributed by atoms with E-state index < -0.39 is 10.0 Å². The Morgan fingerprint density at radius 3 is 2.33 bits per heavy atom. The molecule has 6 heteroatoms. The Labute approximate surface area is 92.6 Å². The minimum absolute atomic E-state index is 0.0937. The lowest BCUT2D eigenvalue weighted by Crippen LogP contribution is -2.41. The summed E-state index contributed by atoms with van der Waals surface area (Å²) in [6, 6.07) is 0.196. The van der Waals surface area contributed by atoms with Crippen molar-refractivity contribution in [1.82, 2.24) is 10.0 Å². The molecular formula is C9H22N2O3S. The van der Waals surface area contributed by atoms with Crippen LogP contribution in [0.1, 0.15) is 13.8 Å². The van der Waals surface area contributed by atoms with Crippen LogP contribution in [0.25, 0.3) is 0 Å². The van der Waals surface area contributed by atoms with E-state index in [2.05, 4.69) is 23.9 Å². The third kappa shape index (κ3) is 6.83. The standard InChI is InChI=1S/C9H22N2O3S/c1-8(2)9(7-14-4)11-5-6-15(12,13)10-3/h8-11H,5-7H2,1-4H3. The van der Waals surface area contributed by atoms with Crippen molar-refractivity contribution in [2.75, 3.05) is 33.1 Å². The minimum Gasteiger partial charge on any atom is -0.383 e. The molecular weight excluding hydrogens is 216 g/mol. The van der Waals surface area contributed by atoms with Crippen molar-refractivity contribution >= 4 is 10.0 Å². The number of methoxy groups -OCH3 is 1. The molecule has 0 fully saturated rings. The molecule has 0 aliphatic heterocycles. The maximum atomic E-state index is 11.1. The second-order valence-electron chi connectivity index (χ2n) is 3.78. The average Bonchev–Trinajstić information content (AvgIpc) is 2.16. The summed E-state index contributed by atoms with van der Waals surface area (Å²) < 4.78 is 29.6. The highest BCUT2D eigenvalue weighted by Gasteiger charge is 2.13. The van der Waals surface area contributed by atoms with Crippen LogP contribution in [0.3, 0.4) is 0 Å². The summed E-state index contributed by atoms with van der Waals surface area (Å²) >= 11 is 0. The smallest absolute Gasteiger partial charge is 0.212 e. The molecule has 92 valence electrons. The van der Waals surface area contributed by atoms with Crippen LogP contribution in [0.5, 0.6) is 0 Å². The van der Waals surface area contributed by atoms with Gasteiger partial charge in [-0.25, -0.2) is 13.1 Å². The van der Waals surface area contributed by atoms with E-state index in [1.54, 1.807) is 7.11 Å². The zero-order chi connectivity index (χ0) is 11.9. The average molecular weight is 238 g/mol. The molecule has 5 nitrogen and oxygen atoms in total. The van der Waals surface area contributed by atoms with E-state index >= 15 is 0 Å². The molecule has 15 heavy (non-hydrogen) atoms. The van der Waals surface area contributed by atoms with Gasteiger partial charge in [0.05, 0.1) is 12.4 Å². The molecule has 2 N–H and O–H groups in total. The van der Waals surface area contributed by atoms with Crippen molar-refractivity contribution in [3.63, 3.8) is 0 Å². The van der Waals surface area contributed by atoms with Crippen molar-refractivity contribution in [2.24, 2.45) is 5.92 Å². The van der Waals surface area contributed by atoms with E-state index in [9.17, 15) is 8.42 Å². The molecule has 0 saturated heterocycles. The Kier molecular flexibility index (Phi) is 7.08. The lowest BCUT2D eigenvalue weighted by molar-refractivity contribution is 0.148. The van der Waals surface area contributed by atoms with Gasteiger partial charge in [-0.15, -0.1) is 0 Å². The zero-order valence-corrected chi connectivity index (χ0v) is 10.7. The molecule has 0 saturated carbocycles. The first kappa shape index (κ1) is 14.8. The molecule has 0 aliphatic rings. The summed E-state index contributed by atoms with van der Waals surface area (Å²) in [6.45, 7) is 5.18. The first-order chi connectivity index (χ1) is 6.93. The van der Waals surface area contributed by atoms with Crippen molar-refractivity contribution in [3.05, 3.63) is 0 Å². The van der Waals surface area contributed by atoms with Gasteiger partial charge in [0.15, 0.2) is 0 Å². The summed E-state index contributed by atoms with van der Waals surface area (Å²) in [5.74, 6) is 0.512. The van der Waals surface area contributed by atoms with Gasteiger partial charge in [-0.3, -0.25) is 0 Å². The van der Waals surface area contributed by atoms with Crippen LogP contribution in [-0.4, -0.2) is 47.5 Å². The van der Waals surface area contributed by atoms with Crippen molar-refractivity contribution in [1.29, 1.82) is 0 Å². The van der Waals surface area contributed by atoms with E-state index in [1.165, 1.54) is 7.05 Å². The first-order valence-corrected chi connectivity index (χ1v) is 6.71. The Bertz CT molecular complexity index is 252. The van der Waals surface area contributed by atoms with Crippen molar-refractivity contribution in [2.45, 2.75) is 19.9 Å². The summed E-state index contributed by atoms with van der Waals surface area (Å²) in [5.41, 5.74) is 0. The van der Waals surface area contributed by atoms with E-state index in [0.29, 0.717) is 19.1 Å². The molecule has 0 spiro atoms. The van der Waals surface area contributed by atoms with Gasteiger partial charge in [-0.05, 0) is 13.0 Å². The maximum absolute atomic E-state index is 11.1. The molecule has 0 rings (SSSR count). The van der Waals surface area contributed by atoms with Crippen LogP contribution in [0, 0.1) is 5.92 Å². The molecule has 0 amide bonds. The van der Waals surface area contributed by atoms with E-state index in [4.69, 9.17) is 4.74 Å². The fourth-order valence-electron chi connectivity index (χ4n) is 1.15. The molecule has 0 aromatic rings. The second kappa shape index (κ2) is 7.16. The van der Waals surface area contributed by atoms with E-state index in [0.717, 1.165) is 0 Å². The molecule has 0 aromatic heterocycles. The molecule has 0 bridgehead atoms. The molecule has 0 radical (unpaired) electrons. The largest absolute Gasteiger partial charge is 0.383 e. The predicted molar refractivity (Wildman–Crippen MR) is 61.4 cm³/mol. The fraction of sp³-hybridized carbons (Fsp3) is 1.00. The molecule has 1 atom stereocenters. The summed E-state index contributed by atoms with van der Waals surface area (Å²) in [6.07, 6.45) is 0. The Balaban J connectivity index is 3.91. The van der Waals surface area contributed by atoms with Crippen molar-refractivity contribution < 1.29 is 13.2 Å². The zero-order valence-electron chi connectivity index (χ0n) is 9.91. The topological polar surface area (TPSA) is 67.4 Å². The van der Waals surface area contributed by atoms with Gasteiger partial charge in [-0.1, -0.05) is 13.8 Å². The van der Waals surface area contributed by atoms with Gasteiger partial charge >= 0.3 is 0 Å². The summed E-state index contributed by atoms with van der Waals surface area (Å²) in [7, 11) is -0.0478. The number of ether oxygens (including phenoxy) is 1. The summed E-state index contributed by atoms with van der Waals surface area (Å²) in [5, 5.41) is 3.17. The number of sulfonamides is 1. The number of nitrogens with one attached hydrogen (secondary N) is 2. The lowest BCUT2D eigenvalue weighted by Gasteiger charge is -2.21. The molecule has 0 aliphatic carbocycles. The Morgan fingerprint density at radius 1 is 1.33 bits per heavy atom. The Morgan fingerprint density at radius 2 is 1.93 bits per heavy atom. The van der Waals surface area contributed by atoms with Gasteiger partial charge in [0.2, 0.25) is 10.0 Å².